The van der Waals surface area contributed by atoms with Gasteiger partial charge in [0.05, 0.1) is 37.4 Å². The number of hydrogen-bond donors (Lipinski definition) is 5. The molecule has 0 bridgehead atoms. The minimum Gasteiger partial charge on any atom is -0.350 e. The Hall–Kier alpha value is -1.44. The number of carbonyl (C=O) groups is 2. The van der Waals surface area contributed by atoms with Gasteiger partial charge in [-0.15, -0.1) is 0 Å². The third-order valence-electron chi connectivity index (χ3n) is 7.89. The Bertz CT molecular complexity index is 733. The van der Waals surface area contributed by atoms with Gasteiger partial charge in [0.2, 0.25) is 11.8 Å². The van der Waals surface area contributed by atoms with Crippen molar-refractivity contribution in [2.24, 2.45) is 17.6 Å². The molecule has 5 aliphatic rings. The zero-order valence-corrected chi connectivity index (χ0v) is 18.9. The van der Waals surface area contributed by atoms with Crippen LogP contribution in [0.1, 0.15) is 19.3 Å². The number of carbonyl (C=O) groups excluding carboxylic acids is 2. The molecule has 6 atom stereocenters. The SMILES string of the molecule is NC1NN2CC(F)CNC2C1C(=O)NC1CNCCC1N1CCC(C(=O)N2CC(F)C2)CC1. The van der Waals surface area contributed by atoms with Crippen LogP contribution >= 0.6 is 0 Å². The molecule has 0 radical (unpaired) electrons. The molecule has 5 aliphatic heterocycles. The molecule has 5 rings (SSSR count). The molecule has 2 amide bonds. The van der Waals surface area contributed by atoms with Gasteiger partial charge in [-0.2, -0.15) is 0 Å². The number of fused-ring (bicyclic) bond motifs is 1. The molecule has 6 unspecified atom stereocenters. The summed E-state index contributed by atoms with van der Waals surface area (Å²) in [6.45, 7) is 4.02. The Morgan fingerprint density at radius 3 is 2.48 bits per heavy atom. The molecule has 0 saturated carbocycles. The molecule has 186 valence electrons. The zero-order chi connectivity index (χ0) is 23.1. The maximum atomic E-state index is 13.7. The van der Waals surface area contributed by atoms with Crippen molar-refractivity contribution in [2.75, 3.05) is 52.4 Å². The van der Waals surface area contributed by atoms with E-state index < -0.39 is 24.4 Å². The molecule has 12 heteroatoms. The number of piperidine rings is 2. The number of hydrogen-bond acceptors (Lipinski definition) is 8. The third-order valence-corrected chi connectivity index (χ3v) is 7.89. The second-order valence-electron chi connectivity index (χ2n) is 10.1. The number of amides is 2. The van der Waals surface area contributed by atoms with E-state index in [0.29, 0.717) is 6.54 Å². The van der Waals surface area contributed by atoms with Gasteiger partial charge in [-0.1, -0.05) is 0 Å². The first kappa shape index (κ1) is 23.3. The molecule has 5 saturated heterocycles. The first-order valence-corrected chi connectivity index (χ1v) is 12.2. The lowest BCUT2D eigenvalue weighted by atomic mass is 9.90. The minimum atomic E-state index is -0.996. The fourth-order valence-corrected chi connectivity index (χ4v) is 6.03. The molecule has 0 aromatic carbocycles. The summed E-state index contributed by atoms with van der Waals surface area (Å²) in [6.07, 6.45) is -0.330. The fraction of sp³-hybridized carbons (Fsp3) is 0.905. The minimum absolute atomic E-state index is 0.0336. The molecule has 0 aliphatic carbocycles. The number of hydrazine groups is 1. The number of nitrogens with one attached hydrogen (secondary N) is 4. The number of halogens is 2. The molecule has 6 N–H and O–H groups in total. The van der Waals surface area contributed by atoms with Gasteiger partial charge in [-0.3, -0.25) is 19.8 Å². The quantitative estimate of drug-likeness (QED) is 0.312. The molecule has 5 fully saturated rings. The molecule has 0 spiro atoms. The van der Waals surface area contributed by atoms with Gasteiger partial charge < -0.3 is 21.3 Å². The van der Waals surface area contributed by atoms with Crippen molar-refractivity contribution in [1.29, 1.82) is 0 Å². The predicted octanol–water partition coefficient (Wildman–Crippen LogP) is -2.29. The maximum absolute atomic E-state index is 13.7. The van der Waals surface area contributed by atoms with E-state index in [1.54, 1.807) is 9.91 Å². The van der Waals surface area contributed by atoms with Crippen molar-refractivity contribution >= 4 is 11.8 Å². The number of likely N-dealkylation sites (tertiary alicyclic amines) is 2. The predicted molar refractivity (Wildman–Crippen MR) is 117 cm³/mol. The summed E-state index contributed by atoms with van der Waals surface area (Å²) in [7, 11) is 0. The highest BCUT2D eigenvalue weighted by Crippen LogP contribution is 2.27. The normalized spacial score (nSPS) is 39.2. The lowest BCUT2D eigenvalue weighted by Crippen LogP contribution is -2.64. The van der Waals surface area contributed by atoms with E-state index in [9.17, 15) is 18.4 Å². The van der Waals surface area contributed by atoms with E-state index in [2.05, 4.69) is 26.3 Å². The number of alkyl halides is 2. The van der Waals surface area contributed by atoms with E-state index in [0.717, 1.165) is 38.9 Å². The number of nitrogens with zero attached hydrogens (tertiary/aromatic N) is 3. The van der Waals surface area contributed by atoms with Gasteiger partial charge >= 0.3 is 0 Å². The summed E-state index contributed by atoms with van der Waals surface area (Å²) in [5, 5.41) is 11.4. The second-order valence-corrected chi connectivity index (χ2v) is 10.1. The summed E-state index contributed by atoms with van der Waals surface area (Å²) in [5.74, 6) is -0.593. The molecular weight excluding hydrogens is 434 g/mol. The van der Waals surface area contributed by atoms with E-state index in [1.165, 1.54) is 0 Å². The molecular formula is C21H36F2N8O2. The van der Waals surface area contributed by atoms with Gasteiger partial charge in [0, 0.05) is 31.6 Å². The van der Waals surface area contributed by atoms with Gasteiger partial charge in [0.25, 0.3) is 0 Å². The first-order valence-electron chi connectivity index (χ1n) is 12.2. The average Bonchev–Trinajstić information content (AvgIpc) is 3.11. The van der Waals surface area contributed by atoms with Crippen molar-refractivity contribution in [3.05, 3.63) is 0 Å². The van der Waals surface area contributed by atoms with Crippen LogP contribution in [0.4, 0.5) is 8.78 Å². The fourth-order valence-electron chi connectivity index (χ4n) is 6.03. The molecule has 0 aromatic heterocycles. The van der Waals surface area contributed by atoms with Crippen molar-refractivity contribution < 1.29 is 18.4 Å². The van der Waals surface area contributed by atoms with E-state index in [4.69, 9.17) is 5.73 Å². The van der Waals surface area contributed by atoms with Crippen molar-refractivity contribution in [3.63, 3.8) is 0 Å². The lowest BCUT2D eigenvalue weighted by molar-refractivity contribution is -0.144. The largest absolute Gasteiger partial charge is 0.350 e. The van der Waals surface area contributed by atoms with Crippen LogP contribution in [0.15, 0.2) is 0 Å². The van der Waals surface area contributed by atoms with Crippen molar-refractivity contribution in [3.8, 4) is 0 Å². The Morgan fingerprint density at radius 1 is 1.00 bits per heavy atom. The molecule has 5 heterocycles. The summed E-state index contributed by atoms with van der Waals surface area (Å²) in [6, 6.07) is 0.113. The lowest BCUT2D eigenvalue weighted by Gasteiger charge is -2.45. The highest BCUT2D eigenvalue weighted by molar-refractivity contribution is 5.81. The average molecular weight is 471 g/mol. The Labute approximate surface area is 192 Å². The Kier molecular flexibility index (Phi) is 6.83. The van der Waals surface area contributed by atoms with Gasteiger partial charge in [0.15, 0.2) is 0 Å². The highest BCUT2D eigenvalue weighted by Gasteiger charge is 2.48. The van der Waals surface area contributed by atoms with E-state index in [-0.39, 0.29) is 62.2 Å². The summed E-state index contributed by atoms with van der Waals surface area (Å²) in [5.41, 5.74) is 9.23. The van der Waals surface area contributed by atoms with Crippen LogP contribution in [0.3, 0.4) is 0 Å². The summed E-state index contributed by atoms with van der Waals surface area (Å²) in [4.78, 5) is 29.8. The van der Waals surface area contributed by atoms with Crippen molar-refractivity contribution in [2.45, 2.75) is 56.0 Å². The summed E-state index contributed by atoms with van der Waals surface area (Å²) >= 11 is 0. The topological polar surface area (TPSA) is 118 Å². The zero-order valence-electron chi connectivity index (χ0n) is 18.9. The second kappa shape index (κ2) is 9.67. The van der Waals surface area contributed by atoms with Gasteiger partial charge in [0.1, 0.15) is 12.3 Å². The molecule has 0 aromatic rings. The summed E-state index contributed by atoms with van der Waals surface area (Å²) < 4.78 is 26.8. The monoisotopic (exact) mass is 470 g/mol. The van der Waals surface area contributed by atoms with E-state index >= 15 is 0 Å². The van der Waals surface area contributed by atoms with Crippen LogP contribution in [0.25, 0.3) is 0 Å². The number of rotatable bonds is 4. The molecule has 10 nitrogen and oxygen atoms in total. The van der Waals surface area contributed by atoms with Crippen LogP contribution in [0.5, 0.6) is 0 Å². The van der Waals surface area contributed by atoms with Crippen LogP contribution < -0.4 is 27.1 Å². The van der Waals surface area contributed by atoms with Crippen molar-refractivity contribution in [1.82, 2.24) is 36.2 Å². The van der Waals surface area contributed by atoms with Crippen LogP contribution in [-0.4, -0.2) is 116 Å². The smallest absolute Gasteiger partial charge is 0.229 e. The number of nitrogens with two attached hydrogens (primary N) is 1. The van der Waals surface area contributed by atoms with Gasteiger partial charge in [-0.25, -0.2) is 19.2 Å². The standard InChI is InChI=1S/C21H36F2N8O2/c22-13-7-26-19-17(18(24)28-31(19)11-13)20(32)27-15-8-25-4-1-16(15)29-5-2-12(3-6-29)21(33)30-9-14(23)10-30/h12-19,25-26,28H,1-11,24H2,(H,27,32). The van der Waals surface area contributed by atoms with Crippen LogP contribution in [-0.2, 0) is 9.59 Å². The molecule has 33 heavy (non-hydrogen) atoms. The van der Waals surface area contributed by atoms with Crippen LogP contribution in [0, 0.1) is 11.8 Å². The first-order chi connectivity index (χ1) is 15.9. The Morgan fingerprint density at radius 2 is 1.76 bits per heavy atom. The van der Waals surface area contributed by atoms with E-state index in [1.807, 2.05) is 0 Å². The Balaban J connectivity index is 1.17. The third kappa shape index (κ3) is 4.73. The van der Waals surface area contributed by atoms with Gasteiger partial charge in [-0.05, 0) is 38.9 Å². The highest BCUT2D eigenvalue weighted by atomic mass is 19.1. The van der Waals surface area contributed by atoms with Crippen LogP contribution in [0.2, 0.25) is 0 Å². The maximum Gasteiger partial charge on any atom is 0.229 e.